The summed E-state index contributed by atoms with van der Waals surface area (Å²) in [5.41, 5.74) is 0.360. The molecule has 0 aromatic rings. The molecule has 0 aliphatic heterocycles. The van der Waals surface area contributed by atoms with Crippen molar-refractivity contribution in [3.8, 4) is 0 Å². The Labute approximate surface area is 88.5 Å². The highest BCUT2D eigenvalue weighted by molar-refractivity contribution is 5.56. The maximum atomic E-state index is 10.6. The second kappa shape index (κ2) is 4.92. The molecule has 0 aliphatic carbocycles. The predicted octanol–water partition coefficient (Wildman–Crippen LogP) is 2.77. The van der Waals surface area contributed by atoms with Crippen molar-refractivity contribution < 1.29 is 4.79 Å². The summed E-state index contributed by atoms with van der Waals surface area (Å²) in [6.07, 6.45) is 3.20. The first-order chi connectivity index (χ1) is 6.22. The molecule has 0 bridgehead atoms. The largest absolute Gasteiger partial charge is 0.303 e. The van der Waals surface area contributed by atoms with Crippen LogP contribution in [-0.4, -0.2) is 17.9 Å². The van der Waals surface area contributed by atoms with E-state index < -0.39 is 0 Å². The van der Waals surface area contributed by atoms with Gasteiger partial charge in [0.2, 0.25) is 0 Å². The fourth-order valence-electron chi connectivity index (χ4n) is 2.02. The van der Waals surface area contributed by atoms with Crippen LogP contribution in [-0.2, 0) is 4.79 Å². The van der Waals surface area contributed by atoms with Gasteiger partial charge in [-0.2, -0.15) is 0 Å². The van der Waals surface area contributed by atoms with Gasteiger partial charge in [-0.3, -0.25) is 0 Å². The van der Waals surface area contributed by atoms with E-state index >= 15 is 0 Å². The van der Waals surface area contributed by atoms with Crippen LogP contribution in [0.3, 0.4) is 0 Å². The summed E-state index contributed by atoms with van der Waals surface area (Å²) in [4.78, 5) is 10.6. The lowest BCUT2D eigenvalue weighted by Crippen LogP contribution is -2.47. The molecule has 0 saturated heterocycles. The van der Waals surface area contributed by atoms with Crippen LogP contribution in [0.2, 0.25) is 0 Å². The van der Waals surface area contributed by atoms with Crippen molar-refractivity contribution in [1.82, 2.24) is 5.32 Å². The first-order valence-electron chi connectivity index (χ1n) is 5.45. The topological polar surface area (TPSA) is 29.1 Å². The third kappa shape index (κ3) is 5.38. The SMILES string of the molecule is CCC(C)(C)CC(C)(C)NC(C)C=O. The zero-order valence-corrected chi connectivity index (χ0v) is 10.5. The number of hydrogen-bond acceptors (Lipinski definition) is 2. The second-order valence-corrected chi connectivity index (χ2v) is 5.65. The van der Waals surface area contributed by atoms with E-state index in [2.05, 4.69) is 39.9 Å². The minimum atomic E-state index is -0.0577. The first-order valence-corrected chi connectivity index (χ1v) is 5.45. The third-order valence-electron chi connectivity index (χ3n) is 2.70. The summed E-state index contributed by atoms with van der Waals surface area (Å²) in [6.45, 7) is 13.0. The van der Waals surface area contributed by atoms with E-state index in [-0.39, 0.29) is 11.6 Å². The molecule has 0 fully saturated rings. The van der Waals surface area contributed by atoms with E-state index in [0.29, 0.717) is 5.41 Å². The average Bonchev–Trinajstić information content (AvgIpc) is 2.01. The molecule has 1 atom stereocenters. The molecule has 1 N–H and O–H groups in total. The maximum Gasteiger partial charge on any atom is 0.136 e. The third-order valence-corrected chi connectivity index (χ3v) is 2.70. The highest BCUT2D eigenvalue weighted by Crippen LogP contribution is 2.30. The van der Waals surface area contributed by atoms with Gasteiger partial charge in [-0.15, -0.1) is 0 Å². The molecule has 0 heterocycles. The predicted molar refractivity (Wildman–Crippen MR) is 61.4 cm³/mol. The van der Waals surface area contributed by atoms with Gasteiger partial charge in [-0.25, -0.2) is 0 Å². The molecule has 0 saturated carbocycles. The van der Waals surface area contributed by atoms with Gasteiger partial charge in [-0.1, -0.05) is 27.2 Å². The fraction of sp³-hybridized carbons (Fsp3) is 0.917. The van der Waals surface area contributed by atoms with Gasteiger partial charge in [0.1, 0.15) is 6.29 Å². The summed E-state index contributed by atoms with van der Waals surface area (Å²) < 4.78 is 0. The molecule has 0 radical (unpaired) electrons. The Hall–Kier alpha value is -0.370. The fourth-order valence-corrected chi connectivity index (χ4v) is 2.02. The van der Waals surface area contributed by atoms with Gasteiger partial charge >= 0.3 is 0 Å². The Bertz CT molecular complexity index is 185. The molecule has 0 aromatic carbocycles. The quantitative estimate of drug-likeness (QED) is 0.666. The number of carbonyl (C=O) groups is 1. The summed E-state index contributed by atoms with van der Waals surface area (Å²) >= 11 is 0. The van der Waals surface area contributed by atoms with E-state index in [1.165, 1.54) is 0 Å². The molecular formula is C12H25NO. The number of carbonyl (C=O) groups excluding carboxylic acids is 1. The molecule has 2 heteroatoms. The molecule has 2 nitrogen and oxygen atoms in total. The smallest absolute Gasteiger partial charge is 0.136 e. The van der Waals surface area contributed by atoms with E-state index in [1.807, 2.05) is 6.92 Å². The Balaban J connectivity index is 4.26. The van der Waals surface area contributed by atoms with E-state index in [0.717, 1.165) is 19.1 Å². The van der Waals surface area contributed by atoms with Gasteiger partial charge in [0, 0.05) is 5.54 Å². The summed E-state index contributed by atoms with van der Waals surface area (Å²) in [5.74, 6) is 0. The minimum Gasteiger partial charge on any atom is -0.303 e. The second-order valence-electron chi connectivity index (χ2n) is 5.65. The monoisotopic (exact) mass is 199 g/mol. The van der Waals surface area contributed by atoms with Crippen LogP contribution in [0, 0.1) is 5.41 Å². The molecule has 0 spiro atoms. The Morgan fingerprint density at radius 1 is 1.29 bits per heavy atom. The summed E-state index contributed by atoms with van der Waals surface area (Å²) in [7, 11) is 0. The zero-order chi connectivity index (χ0) is 11.4. The van der Waals surface area contributed by atoms with Gasteiger partial charge in [0.15, 0.2) is 0 Å². The number of rotatable bonds is 6. The summed E-state index contributed by atoms with van der Waals surface area (Å²) in [6, 6.07) is -0.0577. The van der Waals surface area contributed by atoms with Gasteiger partial charge in [-0.05, 0) is 32.6 Å². The van der Waals surface area contributed by atoms with Crippen LogP contribution in [0.4, 0.5) is 0 Å². The van der Waals surface area contributed by atoms with Crippen LogP contribution in [0.5, 0.6) is 0 Å². The van der Waals surface area contributed by atoms with Crippen molar-refractivity contribution in [2.24, 2.45) is 5.41 Å². The van der Waals surface area contributed by atoms with Crippen molar-refractivity contribution in [2.75, 3.05) is 0 Å². The Kier molecular flexibility index (Phi) is 4.79. The zero-order valence-electron chi connectivity index (χ0n) is 10.5. The van der Waals surface area contributed by atoms with E-state index in [9.17, 15) is 4.79 Å². The Morgan fingerprint density at radius 3 is 2.14 bits per heavy atom. The van der Waals surface area contributed by atoms with Gasteiger partial charge in [0.05, 0.1) is 6.04 Å². The van der Waals surface area contributed by atoms with E-state index in [1.54, 1.807) is 0 Å². The van der Waals surface area contributed by atoms with Crippen molar-refractivity contribution in [2.45, 2.75) is 66.0 Å². The number of hydrogen-bond donors (Lipinski definition) is 1. The minimum absolute atomic E-state index is 0.0276. The molecule has 0 rings (SSSR count). The number of aldehydes is 1. The molecule has 84 valence electrons. The van der Waals surface area contributed by atoms with Crippen molar-refractivity contribution in [1.29, 1.82) is 0 Å². The molecule has 1 unspecified atom stereocenters. The van der Waals surface area contributed by atoms with Gasteiger partial charge in [0.25, 0.3) is 0 Å². The van der Waals surface area contributed by atoms with E-state index in [4.69, 9.17) is 0 Å². The number of nitrogens with one attached hydrogen (secondary N) is 1. The molecule has 14 heavy (non-hydrogen) atoms. The van der Waals surface area contributed by atoms with Crippen LogP contribution in [0.15, 0.2) is 0 Å². The Morgan fingerprint density at radius 2 is 1.79 bits per heavy atom. The molecular weight excluding hydrogens is 174 g/mol. The van der Waals surface area contributed by atoms with Crippen LogP contribution >= 0.6 is 0 Å². The van der Waals surface area contributed by atoms with Crippen molar-refractivity contribution >= 4 is 6.29 Å². The normalized spacial score (nSPS) is 15.3. The van der Waals surface area contributed by atoms with Crippen LogP contribution in [0.25, 0.3) is 0 Å². The van der Waals surface area contributed by atoms with Crippen LogP contribution < -0.4 is 5.32 Å². The van der Waals surface area contributed by atoms with Gasteiger partial charge < -0.3 is 10.1 Å². The highest BCUT2D eigenvalue weighted by atomic mass is 16.1. The van der Waals surface area contributed by atoms with Crippen molar-refractivity contribution in [3.05, 3.63) is 0 Å². The average molecular weight is 199 g/mol. The van der Waals surface area contributed by atoms with Crippen molar-refractivity contribution in [3.63, 3.8) is 0 Å². The lowest BCUT2D eigenvalue weighted by atomic mass is 9.78. The molecule has 0 aliphatic rings. The maximum absolute atomic E-state index is 10.6. The molecule has 0 aromatic heterocycles. The lowest BCUT2D eigenvalue weighted by molar-refractivity contribution is -0.109. The lowest BCUT2D eigenvalue weighted by Gasteiger charge is -2.36. The van der Waals surface area contributed by atoms with Crippen LogP contribution in [0.1, 0.15) is 54.4 Å². The molecule has 0 amide bonds. The highest BCUT2D eigenvalue weighted by Gasteiger charge is 2.28. The summed E-state index contributed by atoms with van der Waals surface area (Å²) in [5, 5.41) is 3.33. The standard InChI is InChI=1S/C12H25NO/c1-7-11(3,4)9-12(5,6)13-10(2)8-14/h8,10,13H,7,9H2,1-6H3. The first kappa shape index (κ1) is 13.6.